The summed E-state index contributed by atoms with van der Waals surface area (Å²) in [6, 6.07) is 10.7. The van der Waals surface area contributed by atoms with Crippen LogP contribution < -0.4 is 10.0 Å². The van der Waals surface area contributed by atoms with Gasteiger partial charge in [-0.15, -0.1) is 0 Å². The molecule has 23 heavy (non-hydrogen) atoms. The standard InChI is InChI=1S/C15H14N4O3S/c16-8-1-9-18-23(21,22)14-4-2-12(3-5-14)15(20)19-13-6-10-17-11-7-13/h2-7,10-11,18H,1,9H2,(H,17,19,20). The second kappa shape index (κ2) is 7.49. The Morgan fingerprint density at radius 3 is 2.39 bits per heavy atom. The molecule has 0 fully saturated rings. The molecule has 8 heteroatoms. The quantitative estimate of drug-likeness (QED) is 0.780. The number of amides is 1. The molecule has 0 unspecified atom stereocenters. The second-order valence-corrected chi connectivity index (χ2v) is 6.29. The summed E-state index contributed by atoms with van der Waals surface area (Å²) in [6.07, 6.45) is 3.20. The highest BCUT2D eigenvalue weighted by molar-refractivity contribution is 7.89. The maximum Gasteiger partial charge on any atom is 0.255 e. The van der Waals surface area contributed by atoms with Crippen molar-refractivity contribution in [1.82, 2.24) is 9.71 Å². The molecule has 0 spiro atoms. The summed E-state index contributed by atoms with van der Waals surface area (Å²) in [5.74, 6) is -0.349. The largest absolute Gasteiger partial charge is 0.322 e. The van der Waals surface area contributed by atoms with Crippen LogP contribution in [-0.4, -0.2) is 25.9 Å². The van der Waals surface area contributed by atoms with Crippen molar-refractivity contribution in [3.05, 3.63) is 54.4 Å². The SMILES string of the molecule is N#CCCNS(=O)(=O)c1ccc(C(=O)Nc2ccncc2)cc1. The fraction of sp³-hybridized carbons (Fsp3) is 0.133. The average molecular weight is 330 g/mol. The van der Waals surface area contributed by atoms with E-state index < -0.39 is 10.0 Å². The van der Waals surface area contributed by atoms with Crippen molar-refractivity contribution in [2.75, 3.05) is 11.9 Å². The summed E-state index contributed by atoms with van der Waals surface area (Å²) in [6.45, 7) is 0.0448. The number of nitrogens with zero attached hydrogens (tertiary/aromatic N) is 2. The van der Waals surface area contributed by atoms with Gasteiger partial charge in [-0.3, -0.25) is 9.78 Å². The van der Waals surface area contributed by atoms with E-state index in [1.54, 1.807) is 24.5 Å². The van der Waals surface area contributed by atoms with Crippen LogP contribution in [0.15, 0.2) is 53.7 Å². The van der Waals surface area contributed by atoms with Crippen LogP contribution in [0.4, 0.5) is 5.69 Å². The molecule has 1 aromatic carbocycles. The van der Waals surface area contributed by atoms with Gasteiger partial charge < -0.3 is 5.32 Å². The third-order valence-electron chi connectivity index (χ3n) is 2.89. The molecule has 0 bridgehead atoms. The molecule has 2 aromatic rings. The van der Waals surface area contributed by atoms with E-state index in [9.17, 15) is 13.2 Å². The summed E-state index contributed by atoms with van der Waals surface area (Å²) >= 11 is 0. The lowest BCUT2D eigenvalue weighted by Gasteiger charge is -2.07. The van der Waals surface area contributed by atoms with E-state index in [1.807, 2.05) is 6.07 Å². The monoisotopic (exact) mass is 330 g/mol. The van der Waals surface area contributed by atoms with Gasteiger partial charge in [0.1, 0.15) is 0 Å². The molecule has 0 saturated heterocycles. The molecule has 0 aliphatic heterocycles. The summed E-state index contributed by atoms with van der Waals surface area (Å²) in [5, 5.41) is 11.1. The lowest BCUT2D eigenvalue weighted by Crippen LogP contribution is -2.24. The summed E-state index contributed by atoms with van der Waals surface area (Å²) < 4.78 is 26.2. The molecule has 118 valence electrons. The van der Waals surface area contributed by atoms with Crippen LogP contribution in [0.25, 0.3) is 0 Å². The number of pyridine rings is 1. The molecule has 1 aromatic heterocycles. The zero-order chi connectivity index (χ0) is 16.7. The molecular weight excluding hydrogens is 316 g/mol. The van der Waals surface area contributed by atoms with Crippen molar-refractivity contribution in [1.29, 1.82) is 5.26 Å². The third kappa shape index (κ3) is 4.60. The van der Waals surface area contributed by atoms with Crippen LogP contribution in [0.2, 0.25) is 0 Å². The minimum Gasteiger partial charge on any atom is -0.322 e. The summed E-state index contributed by atoms with van der Waals surface area (Å²) in [5.41, 5.74) is 0.928. The van der Waals surface area contributed by atoms with Crippen molar-refractivity contribution in [3.63, 3.8) is 0 Å². The first-order chi connectivity index (χ1) is 11.0. The van der Waals surface area contributed by atoms with Crippen LogP contribution in [0.1, 0.15) is 16.8 Å². The molecule has 1 amide bonds. The van der Waals surface area contributed by atoms with Crippen molar-refractivity contribution in [2.24, 2.45) is 0 Å². The minimum absolute atomic E-state index is 0.0379. The van der Waals surface area contributed by atoms with Gasteiger partial charge in [-0.1, -0.05) is 0 Å². The lowest BCUT2D eigenvalue weighted by atomic mass is 10.2. The molecule has 0 aliphatic rings. The summed E-state index contributed by atoms with van der Waals surface area (Å²) in [7, 11) is -3.67. The van der Waals surface area contributed by atoms with Gasteiger partial charge in [-0.05, 0) is 36.4 Å². The molecule has 2 N–H and O–H groups in total. The first kappa shape index (κ1) is 16.6. The first-order valence-electron chi connectivity index (χ1n) is 6.71. The highest BCUT2D eigenvalue weighted by Crippen LogP contribution is 2.12. The van der Waals surface area contributed by atoms with Gasteiger partial charge in [0.2, 0.25) is 10.0 Å². The van der Waals surface area contributed by atoms with E-state index in [-0.39, 0.29) is 23.8 Å². The van der Waals surface area contributed by atoms with Gasteiger partial charge >= 0.3 is 0 Å². The zero-order valence-electron chi connectivity index (χ0n) is 12.1. The van der Waals surface area contributed by atoms with Gasteiger partial charge in [-0.2, -0.15) is 5.26 Å². The number of nitrogens with one attached hydrogen (secondary N) is 2. The van der Waals surface area contributed by atoms with Crippen molar-refractivity contribution >= 4 is 21.6 Å². The van der Waals surface area contributed by atoms with Gasteiger partial charge in [0.05, 0.1) is 11.0 Å². The predicted octanol–water partition coefficient (Wildman–Crippen LogP) is 1.53. The number of nitriles is 1. The number of sulfonamides is 1. The van der Waals surface area contributed by atoms with Crippen LogP contribution in [0, 0.1) is 11.3 Å². The second-order valence-electron chi connectivity index (χ2n) is 4.52. The van der Waals surface area contributed by atoms with E-state index in [0.717, 1.165) is 0 Å². The highest BCUT2D eigenvalue weighted by atomic mass is 32.2. The summed E-state index contributed by atoms with van der Waals surface area (Å²) in [4.78, 5) is 15.9. The number of carbonyl (C=O) groups excluding carboxylic acids is 1. The van der Waals surface area contributed by atoms with Gasteiger partial charge in [0.15, 0.2) is 0 Å². The van der Waals surface area contributed by atoms with Gasteiger partial charge in [0.25, 0.3) is 5.91 Å². The average Bonchev–Trinajstić information content (AvgIpc) is 2.56. The van der Waals surface area contributed by atoms with Crippen LogP contribution in [0.3, 0.4) is 0 Å². The smallest absolute Gasteiger partial charge is 0.255 e. The van der Waals surface area contributed by atoms with E-state index in [0.29, 0.717) is 11.3 Å². The molecule has 0 aliphatic carbocycles. The number of carbonyl (C=O) groups is 1. The predicted molar refractivity (Wildman–Crippen MR) is 84.1 cm³/mol. The number of aromatic nitrogens is 1. The topological polar surface area (TPSA) is 112 Å². The van der Waals surface area contributed by atoms with Gasteiger partial charge in [-0.25, -0.2) is 13.1 Å². The third-order valence-corrected chi connectivity index (χ3v) is 4.37. The maximum atomic E-state index is 12.1. The maximum absolute atomic E-state index is 12.1. The first-order valence-corrected chi connectivity index (χ1v) is 8.19. The Hall–Kier alpha value is -2.76. The fourth-order valence-corrected chi connectivity index (χ4v) is 2.78. The normalized spacial score (nSPS) is 10.7. The van der Waals surface area contributed by atoms with Crippen LogP contribution in [0.5, 0.6) is 0 Å². The van der Waals surface area contributed by atoms with E-state index in [2.05, 4.69) is 15.0 Å². The molecule has 0 radical (unpaired) electrons. The lowest BCUT2D eigenvalue weighted by molar-refractivity contribution is 0.102. The molecule has 0 atom stereocenters. The van der Waals surface area contributed by atoms with Gasteiger partial charge in [0, 0.05) is 36.6 Å². The number of hydrogen-bond acceptors (Lipinski definition) is 5. The Labute approximate surface area is 134 Å². The Balaban J connectivity index is 2.07. The number of anilines is 1. The fourth-order valence-electron chi connectivity index (χ4n) is 1.75. The zero-order valence-corrected chi connectivity index (χ0v) is 12.9. The molecular formula is C15H14N4O3S. The van der Waals surface area contributed by atoms with Crippen molar-refractivity contribution in [2.45, 2.75) is 11.3 Å². The Morgan fingerprint density at radius 2 is 1.78 bits per heavy atom. The van der Waals surface area contributed by atoms with Crippen LogP contribution in [-0.2, 0) is 10.0 Å². The minimum atomic E-state index is -3.67. The highest BCUT2D eigenvalue weighted by Gasteiger charge is 2.14. The Kier molecular flexibility index (Phi) is 5.41. The molecule has 2 rings (SSSR count). The number of rotatable bonds is 6. The molecule has 7 nitrogen and oxygen atoms in total. The number of benzene rings is 1. The van der Waals surface area contributed by atoms with Crippen molar-refractivity contribution in [3.8, 4) is 6.07 Å². The van der Waals surface area contributed by atoms with E-state index >= 15 is 0 Å². The van der Waals surface area contributed by atoms with E-state index in [1.165, 1.54) is 24.3 Å². The van der Waals surface area contributed by atoms with Crippen molar-refractivity contribution < 1.29 is 13.2 Å². The molecule has 0 saturated carbocycles. The van der Waals surface area contributed by atoms with Crippen LogP contribution >= 0.6 is 0 Å². The Morgan fingerprint density at radius 1 is 1.13 bits per heavy atom. The molecule has 1 heterocycles. The Bertz CT molecular complexity index is 812. The number of hydrogen-bond donors (Lipinski definition) is 2. The van der Waals surface area contributed by atoms with E-state index in [4.69, 9.17) is 5.26 Å².